The van der Waals surface area contributed by atoms with Crippen molar-refractivity contribution in [2.24, 2.45) is 0 Å². The zero-order valence-electron chi connectivity index (χ0n) is 18.3. The molecule has 1 aromatic heterocycles. The molecule has 0 aliphatic carbocycles. The third-order valence-electron chi connectivity index (χ3n) is 6.25. The van der Waals surface area contributed by atoms with Crippen LogP contribution in [0.3, 0.4) is 0 Å². The van der Waals surface area contributed by atoms with E-state index in [1.165, 1.54) is 12.1 Å². The molecular weight excluding hydrogens is 441 g/mol. The van der Waals surface area contributed by atoms with Gasteiger partial charge in [0, 0.05) is 30.1 Å². The summed E-state index contributed by atoms with van der Waals surface area (Å²) >= 11 is 0. The fourth-order valence-electron chi connectivity index (χ4n) is 4.46. The van der Waals surface area contributed by atoms with E-state index in [-0.39, 0.29) is 11.9 Å². The largest absolute Gasteiger partial charge is 0.416 e. The molecular formula is C26H23F3N4O. The zero-order valence-corrected chi connectivity index (χ0v) is 18.3. The first-order valence-electron chi connectivity index (χ1n) is 11.2. The number of halogens is 3. The van der Waals surface area contributed by atoms with Gasteiger partial charge in [-0.25, -0.2) is 9.48 Å². The fraction of sp³-hybridized carbons (Fsp3) is 0.231. The highest BCUT2D eigenvalue weighted by molar-refractivity contribution is 5.89. The third-order valence-corrected chi connectivity index (χ3v) is 6.25. The number of likely N-dealkylation sites (tertiary alicyclic amines) is 1. The fourth-order valence-corrected chi connectivity index (χ4v) is 4.46. The van der Waals surface area contributed by atoms with E-state index in [2.05, 4.69) is 5.32 Å². The second kappa shape index (κ2) is 8.85. The molecule has 0 spiro atoms. The zero-order chi connectivity index (χ0) is 23.7. The number of para-hydroxylation sites is 2. The number of hydrogen-bond acceptors (Lipinski definition) is 2. The van der Waals surface area contributed by atoms with Gasteiger partial charge in [-0.3, -0.25) is 0 Å². The normalized spacial score (nSPS) is 15.0. The summed E-state index contributed by atoms with van der Waals surface area (Å²) in [5.74, 6) is 0.154. The SMILES string of the molecule is O=C(Nc1ccccc1)N1CCC(c2nn(-c3ccc(C(F)(F)F)cc3)c3ccccc23)CC1. The van der Waals surface area contributed by atoms with Crippen molar-refractivity contribution in [2.75, 3.05) is 18.4 Å². The maximum atomic E-state index is 13.0. The molecule has 1 saturated heterocycles. The van der Waals surface area contributed by atoms with Crippen LogP contribution >= 0.6 is 0 Å². The number of benzene rings is 3. The standard InChI is InChI=1S/C26H23F3N4O/c27-26(28,29)19-10-12-21(13-11-19)33-23-9-5-4-8-22(23)24(31-33)18-14-16-32(17-15-18)25(34)30-20-6-2-1-3-7-20/h1-13,18H,14-17H2,(H,30,34). The van der Waals surface area contributed by atoms with Crippen LogP contribution in [0.25, 0.3) is 16.6 Å². The number of urea groups is 1. The number of nitrogens with one attached hydrogen (secondary N) is 1. The first kappa shape index (κ1) is 22.0. The lowest BCUT2D eigenvalue weighted by molar-refractivity contribution is -0.137. The van der Waals surface area contributed by atoms with Gasteiger partial charge in [-0.05, 0) is 55.3 Å². The van der Waals surface area contributed by atoms with Gasteiger partial charge >= 0.3 is 12.2 Å². The number of fused-ring (bicyclic) bond motifs is 1. The summed E-state index contributed by atoms with van der Waals surface area (Å²) in [5.41, 5.74) is 2.42. The number of carbonyl (C=O) groups excluding carboxylic acids is 1. The van der Waals surface area contributed by atoms with E-state index in [1.807, 2.05) is 54.6 Å². The minimum absolute atomic E-state index is 0.121. The molecule has 2 amide bonds. The number of amides is 2. The minimum Gasteiger partial charge on any atom is -0.324 e. The summed E-state index contributed by atoms with van der Waals surface area (Å²) in [6.07, 6.45) is -2.86. The maximum Gasteiger partial charge on any atom is 0.416 e. The molecule has 8 heteroatoms. The Hall–Kier alpha value is -3.81. The van der Waals surface area contributed by atoms with Crippen LogP contribution in [0.4, 0.5) is 23.7 Å². The van der Waals surface area contributed by atoms with Gasteiger partial charge in [-0.1, -0.05) is 36.4 Å². The molecule has 0 radical (unpaired) electrons. The van der Waals surface area contributed by atoms with Gasteiger partial charge in [0.1, 0.15) is 0 Å². The van der Waals surface area contributed by atoms with Crippen molar-refractivity contribution < 1.29 is 18.0 Å². The van der Waals surface area contributed by atoms with Crippen molar-refractivity contribution in [2.45, 2.75) is 24.9 Å². The molecule has 174 valence electrons. The van der Waals surface area contributed by atoms with Gasteiger partial charge in [-0.2, -0.15) is 18.3 Å². The second-order valence-corrected chi connectivity index (χ2v) is 8.42. The lowest BCUT2D eigenvalue weighted by atomic mass is 9.92. The summed E-state index contributed by atoms with van der Waals surface area (Å²) in [6, 6.07) is 22.0. The van der Waals surface area contributed by atoms with E-state index in [0.717, 1.165) is 47.3 Å². The summed E-state index contributed by atoms with van der Waals surface area (Å²) in [5, 5.41) is 8.73. The molecule has 0 unspecified atom stereocenters. The van der Waals surface area contributed by atoms with Crippen molar-refractivity contribution in [3.05, 3.63) is 90.1 Å². The summed E-state index contributed by atoms with van der Waals surface area (Å²) < 4.78 is 40.6. The van der Waals surface area contributed by atoms with Gasteiger partial charge in [-0.15, -0.1) is 0 Å². The van der Waals surface area contributed by atoms with E-state index < -0.39 is 11.7 Å². The van der Waals surface area contributed by atoms with Crippen LogP contribution in [0.2, 0.25) is 0 Å². The molecule has 0 atom stereocenters. The number of piperidine rings is 1. The van der Waals surface area contributed by atoms with Crippen LogP contribution in [-0.2, 0) is 6.18 Å². The Bertz CT molecular complexity index is 1290. The number of hydrogen-bond donors (Lipinski definition) is 1. The molecule has 5 rings (SSSR count). The van der Waals surface area contributed by atoms with E-state index >= 15 is 0 Å². The average Bonchev–Trinajstić information content (AvgIpc) is 3.24. The van der Waals surface area contributed by atoms with Crippen LogP contribution in [-0.4, -0.2) is 33.8 Å². The lowest BCUT2D eigenvalue weighted by Gasteiger charge is -2.31. The Labute approximate surface area is 194 Å². The van der Waals surface area contributed by atoms with Crippen molar-refractivity contribution in [1.29, 1.82) is 0 Å². The molecule has 3 aromatic carbocycles. The number of rotatable bonds is 3. The Balaban J connectivity index is 1.35. The molecule has 0 bridgehead atoms. The smallest absolute Gasteiger partial charge is 0.324 e. The van der Waals surface area contributed by atoms with Crippen LogP contribution in [0.1, 0.15) is 30.0 Å². The summed E-state index contributed by atoms with van der Waals surface area (Å²) in [4.78, 5) is 14.4. The van der Waals surface area contributed by atoms with Crippen LogP contribution in [0.15, 0.2) is 78.9 Å². The Morgan fingerprint density at radius 2 is 1.53 bits per heavy atom. The summed E-state index contributed by atoms with van der Waals surface area (Å²) in [6.45, 7) is 1.20. The first-order chi connectivity index (χ1) is 16.4. The number of aromatic nitrogens is 2. The monoisotopic (exact) mass is 464 g/mol. The van der Waals surface area contributed by atoms with E-state index in [1.54, 1.807) is 9.58 Å². The van der Waals surface area contributed by atoms with E-state index in [4.69, 9.17) is 5.10 Å². The lowest BCUT2D eigenvalue weighted by Crippen LogP contribution is -2.40. The highest BCUT2D eigenvalue weighted by Gasteiger charge is 2.31. The average molecular weight is 464 g/mol. The van der Waals surface area contributed by atoms with E-state index in [0.29, 0.717) is 18.8 Å². The van der Waals surface area contributed by atoms with Gasteiger partial charge in [0.05, 0.1) is 22.5 Å². The number of alkyl halides is 3. The Morgan fingerprint density at radius 1 is 0.882 bits per heavy atom. The number of carbonyl (C=O) groups is 1. The predicted octanol–water partition coefficient (Wildman–Crippen LogP) is 6.46. The van der Waals surface area contributed by atoms with Crippen LogP contribution in [0.5, 0.6) is 0 Å². The maximum absolute atomic E-state index is 13.0. The van der Waals surface area contributed by atoms with E-state index in [9.17, 15) is 18.0 Å². The third kappa shape index (κ3) is 4.35. The molecule has 1 aliphatic rings. The summed E-state index contributed by atoms with van der Waals surface area (Å²) in [7, 11) is 0. The number of anilines is 1. The highest BCUT2D eigenvalue weighted by atomic mass is 19.4. The molecule has 0 saturated carbocycles. The van der Waals surface area contributed by atoms with Crippen LogP contribution in [0, 0.1) is 0 Å². The molecule has 34 heavy (non-hydrogen) atoms. The van der Waals surface area contributed by atoms with Gasteiger partial charge in [0.25, 0.3) is 0 Å². The highest BCUT2D eigenvalue weighted by Crippen LogP contribution is 2.35. The molecule has 4 aromatic rings. The number of nitrogens with zero attached hydrogens (tertiary/aromatic N) is 3. The Kier molecular flexibility index (Phi) is 5.73. The second-order valence-electron chi connectivity index (χ2n) is 8.42. The van der Waals surface area contributed by atoms with Gasteiger partial charge < -0.3 is 10.2 Å². The predicted molar refractivity (Wildman–Crippen MR) is 125 cm³/mol. The van der Waals surface area contributed by atoms with Gasteiger partial charge in [0.15, 0.2) is 0 Å². The van der Waals surface area contributed by atoms with Crippen LogP contribution < -0.4 is 5.32 Å². The molecule has 2 heterocycles. The minimum atomic E-state index is -4.38. The quantitative estimate of drug-likeness (QED) is 0.379. The van der Waals surface area contributed by atoms with Crippen molar-refractivity contribution in [1.82, 2.24) is 14.7 Å². The molecule has 1 aliphatic heterocycles. The van der Waals surface area contributed by atoms with Gasteiger partial charge in [0.2, 0.25) is 0 Å². The van der Waals surface area contributed by atoms with Crippen molar-refractivity contribution in [3.63, 3.8) is 0 Å². The molecule has 1 N–H and O–H groups in total. The first-order valence-corrected chi connectivity index (χ1v) is 11.2. The topological polar surface area (TPSA) is 50.2 Å². The van der Waals surface area contributed by atoms with Crippen molar-refractivity contribution >= 4 is 22.6 Å². The molecule has 1 fully saturated rings. The Morgan fingerprint density at radius 3 is 2.21 bits per heavy atom. The molecule has 5 nitrogen and oxygen atoms in total. The van der Waals surface area contributed by atoms with Crippen molar-refractivity contribution in [3.8, 4) is 5.69 Å².